The number of thioether (sulfide) groups is 1. The van der Waals surface area contributed by atoms with Crippen molar-refractivity contribution in [1.29, 1.82) is 5.26 Å². The summed E-state index contributed by atoms with van der Waals surface area (Å²) < 4.78 is 37.3. The van der Waals surface area contributed by atoms with Gasteiger partial charge in [0.25, 0.3) is 0 Å². The third-order valence-corrected chi connectivity index (χ3v) is 4.75. The maximum atomic E-state index is 12.4. The van der Waals surface area contributed by atoms with Gasteiger partial charge in [-0.05, 0) is 19.1 Å². The molecule has 0 radical (unpaired) electrons. The number of hydrogen-bond acceptors (Lipinski definition) is 6. The lowest BCUT2D eigenvalue weighted by Gasteiger charge is -2.07. The molecular weight excluding hydrogens is 347 g/mol. The molecular formula is C14H10F3N3OS2. The molecule has 2 rings (SSSR count). The van der Waals surface area contributed by atoms with E-state index >= 15 is 0 Å². The Morgan fingerprint density at radius 3 is 2.70 bits per heavy atom. The van der Waals surface area contributed by atoms with Gasteiger partial charge in [0.15, 0.2) is 11.7 Å². The predicted molar refractivity (Wildman–Crippen MR) is 80.2 cm³/mol. The van der Waals surface area contributed by atoms with E-state index in [0.717, 1.165) is 29.7 Å². The quantitative estimate of drug-likeness (QED) is 0.761. The topological polar surface area (TPSA) is 66.6 Å². The predicted octanol–water partition coefficient (Wildman–Crippen LogP) is 3.83. The van der Waals surface area contributed by atoms with Gasteiger partial charge in [-0.1, -0.05) is 11.8 Å². The molecule has 0 unspecified atom stereocenters. The summed E-state index contributed by atoms with van der Waals surface area (Å²) in [6.45, 7) is 1.76. The van der Waals surface area contributed by atoms with Gasteiger partial charge in [-0.3, -0.25) is 4.79 Å². The van der Waals surface area contributed by atoms with E-state index in [-0.39, 0.29) is 11.5 Å². The van der Waals surface area contributed by atoms with Crippen LogP contribution >= 0.6 is 23.1 Å². The number of carbonyl (C=O) groups is 1. The van der Waals surface area contributed by atoms with Crippen LogP contribution in [0.15, 0.2) is 28.7 Å². The highest BCUT2D eigenvalue weighted by molar-refractivity contribution is 7.99. The first-order chi connectivity index (χ1) is 10.8. The summed E-state index contributed by atoms with van der Waals surface area (Å²) in [6.07, 6.45) is -3.72. The second-order valence-corrected chi connectivity index (χ2v) is 6.41. The van der Waals surface area contributed by atoms with Gasteiger partial charge in [0.2, 0.25) is 0 Å². The maximum absolute atomic E-state index is 12.4. The third kappa shape index (κ3) is 4.53. The molecule has 1 atom stereocenters. The summed E-state index contributed by atoms with van der Waals surface area (Å²) in [5, 5.41) is 11.6. The van der Waals surface area contributed by atoms with E-state index in [1.807, 2.05) is 6.07 Å². The standard InChI is InChI=1S/C14H10F3N3OS2/c1-8-6-23-13(20-8)10(4-18)11(21)7-22-12-3-2-9(5-19-12)14(15,16)17/h2-3,5-6,10H,7H2,1H3/t10-/m1/s1. The van der Waals surface area contributed by atoms with Crippen LogP contribution in [0.2, 0.25) is 0 Å². The Morgan fingerprint density at radius 1 is 1.48 bits per heavy atom. The fourth-order valence-corrected chi connectivity index (χ4v) is 3.24. The second-order valence-electron chi connectivity index (χ2n) is 4.53. The first-order valence-electron chi connectivity index (χ1n) is 6.31. The molecule has 23 heavy (non-hydrogen) atoms. The fourth-order valence-electron chi connectivity index (χ4n) is 1.63. The van der Waals surface area contributed by atoms with Gasteiger partial charge in [-0.2, -0.15) is 18.4 Å². The summed E-state index contributed by atoms with van der Waals surface area (Å²) >= 11 is 2.22. The molecule has 2 heterocycles. The van der Waals surface area contributed by atoms with Crippen molar-refractivity contribution in [1.82, 2.24) is 9.97 Å². The van der Waals surface area contributed by atoms with Crippen molar-refractivity contribution >= 4 is 28.9 Å². The molecule has 0 bridgehead atoms. The van der Waals surface area contributed by atoms with Crippen molar-refractivity contribution in [2.24, 2.45) is 0 Å². The van der Waals surface area contributed by atoms with Crippen LogP contribution in [-0.4, -0.2) is 21.5 Å². The van der Waals surface area contributed by atoms with Gasteiger partial charge in [0.1, 0.15) is 5.01 Å². The molecule has 0 amide bonds. The highest BCUT2D eigenvalue weighted by Gasteiger charge is 2.30. The molecule has 0 saturated heterocycles. The maximum Gasteiger partial charge on any atom is 0.417 e. The lowest BCUT2D eigenvalue weighted by molar-refractivity contribution is -0.137. The van der Waals surface area contributed by atoms with Crippen molar-refractivity contribution in [2.75, 3.05) is 5.75 Å². The molecule has 0 aliphatic heterocycles. The first kappa shape index (κ1) is 17.4. The minimum atomic E-state index is -4.44. The molecule has 120 valence electrons. The molecule has 0 aliphatic rings. The molecule has 4 nitrogen and oxygen atoms in total. The van der Waals surface area contributed by atoms with Gasteiger partial charge in [-0.15, -0.1) is 11.3 Å². The number of Topliss-reactive ketones (excluding diaryl/α,β-unsaturated/α-hetero) is 1. The molecule has 0 fully saturated rings. The van der Waals surface area contributed by atoms with Crippen LogP contribution in [0.4, 0.5) is 13.2 Å². The Hall–Kier alpha value is -1.92. The Bertz CT molecular complexity index is 735. The van der Waals surface area contributed by atoms with Gasteiger partial charge >= 0.3 is 6.18 Å². The number of nitriles is 1. The molecule has 0 aromatic carbocycles. The summed E-state index contributed by atoms with van der Waals surface area (Å²) in [4.78, 5) is 19.9. The van der Waals surface area contributed by atoms with E-state index in [9.17, 15) is 18.0 Å². The number of aryl methyl sites for hydroxylation is 1. The molecule has 0 aliphatic carbocycles. The lowest BCUT2D eigenvalue weighted by atomic mass is 10.1. The Kier molecular flexibility index (Phi) is 5.38. The van der Waals surface area contributed by atoms with Crippen molar-refractivity contribution < 1.29 is 18.0 Å². The Labute approximate surface area is 138 Å². The van der Waals surface area contributed by atoms with Crippen LogP contribution in [0, 0.1) is 18.3 Å². The summed E-state index contributed by atoms with van der Waals surface area (Å²) in [6, 6.07) is 4.03. The normalized spacial score (nSPS) is 12.7. The zero-order valence-electron chi connectivity index (χ0n) is 11.8. The van der Waals surface area contributed by atoms with Crippen LogP contribution in [0.1, 0.15) is 22.2 Å². The van der Waals surface area contributed by atoms with E-state index in [4.69, 9.17) is 5.26 Å². The summed E-state index contributed by atoms with van der Waals surface area (Å²) in [7, 11) is 0. The SMILES string of the molecule is Cc1csc([C@H](C#N)C(=O)CSc2ccc(C(F)(F)F)cn2)n1. The lowest BCUT2D eigenvalue weighted by Crippen LogP contribution is -2.13. The zero-order valence-corrected chi connectivity index (χ0v) is 13.4. The minimum absolute atomic E-state index is 0.0603. The average Bonchev–Trinajstić information content (AvgIpc) is 2.91. The number of thiazole rings is 1. The van der Waals surface area contributed by atoms with Crippen LogP contribution in [0.3, 0.4) is 0 Å². The monoisotopic (exact) mass is 357 g/mol. The van der Waals surface area contributed by atoms with Crippen molar-refractivity contribution in [3.05, 3.63) is 40.0 Å². The van der Waals surface area contributed by atoms with Crippen LogP contribution in [0.25, 0.3) is 0 Å². The number of pyridine rings is 1. The average molecular weight is 357 g/mol. The number of aromatic nitrogens is 2. The number of halogens is 3. The fraction of sp³-hybridized carbons (Fsp3) is 0.286. The van der Waals surface area contributed by atoms with E-state index < -0.39 is 17.7 Å². The minimum Gasteiger partial charge on any atom is -0.297 e. The van der Waals surface area contributed by atoms with E-state index in [1.54, 1.807) is 12.3 Å². The van der Waals surface area contributed by atoms with E-state index in [1.165, 1.54) is 17.4 Å². The molecule has 0 saturated carbocycles. The number of carbonyl (C=O) groups excluding carboxylic acids is 1. The second kappa shape index (κ2) is 7.10. The highest BCUT2D eigenvalue weighted by Crippen LogP contribution is 2.30. The highest BCUT2D eigenvalue weighted by atomic mass is 32.2. The van der Waals surface area contributed by atoms with Crippen LogP contribution in [-0.2, 0) is 11.0 Å². The first-order valence-corrected chi connectivity index (χ1v) is 8.18. The Morgan fingerprint density at radius 2 is 2.22 bits per heavy atom. The van der Waals surface area contributed by atoms with Gasteiger partial charge in [0.05, 0.1) is 22.4 Å². The molecule has 0 N–H and O–H groups in total. The number of rotatable bonds is 5. The largest absolute Gasteiger partial charge is 0.417 e. The van der Waals surface area contributed by atoms with Crippen molar-refractivity contribution in [2.45, 2.75) is 24.0 Å². The number of alkyl halides is 3. The molecule has 2 aromatic heterocycles. The number of hydrogen-bond donors (Lipinski definition) is 0. The number of nitrogens with zero attached hydrogens (tertiary/aromatic N) is 3. The molecule has 2 aromatic rings. The van der Waals surface area contributed by atoms with Crippen molar-refractivity contribution in [3.63, 3.8) is 0 Å². The van der Waals surface area contributed by atoms with Gasteiger partial charge in [-0.25, -0.2) is 9.97 Å². The molecule has 0 spiro atoms. The third-order valence-electron chi connectivity index (χ3n) is 2.76. The summed E-state index contributed by atoms with van der Waals surface area (Å²) in [5.74, 6) is -1.38. The summed E-state index contributed by atoms with van der Waals surface area (Å²) in [5.41, 5.74) is -0.114. The zero-order chi connectivity index (χ0) is 17.0. The van der Waals surface area contributed by atoms with E-state index in [0.29, 0.717) is 10.0 Å². The van der Waals surface area contributed by atoms with Gasteiger partial charge < -0.3 is 0 Å². The van der Waals surface area contributed by atoms with Crippen molar-refractivity contribution in [3.8, 4) is 6.07 Å². The Balaban J connectivity index is 2.00. The van der Waals surface area contributed by atoms with E-state index in [2.05, 4.69) is 9.97 Å². The van der Waals surface area contributed by atoms with Crippen LogP contribution < -0.4 is 0 Å². The van der Waals surface area contributed by atoms with Crippen LogP contribution in [0.5, 0.6) is 0 Å². The van der Waals surface area contributed by atoms with Gasteiger partial charge in [0, 0.05) is 17.3 Å². The molecule has 9 heteroatoms. The smallest absolute Gasteiger partial charge is 0.297 e. The number of ketones is 1.